The fourth-order valence-electron chi connectivity index (χ4n) is 1.97. The van der Waals surface area contributed by atoms with Crippen molar-refractivity contribution in [2.45, 2.75) is 25.6 Å². The van der Waals surface area contributed by atoms with Gasteiger partial charge in [-0.15, -0.1) is 0 Å². The lowest BCUT2D eigenvalue weighted by Crippen LogP contribution is -2.32. The second-order valence-corrected chi connectivity index (χ2v) is 4.28. The van der Waals surface area contributed by atoms with Crippen molar-refractivity contribution in [1.29, 1.82) is 0 Å². The van der Waals surface area contributed by atoms with Crippen LogP contribution in [0.1, 0.15) is 24.0 Å². The van der Waals surface area contributed by atoms with E-state index in [2.05, 4.69) is 6.58 Å². The highest BCUT2D eigenvalue weighted by Gasteiger charge is 2.33. The van der Waals surface area contributed by atoms with Crippen molar-refractivity contribution in [2.24, 2.45) is 5.73 Å². The molecular weight excluding hydrogens is 233 g/mol. The minimum atomic E-state index is -0.992. The Bertz CT molecular complexity index is 428. The second-order valence-electron chi connectivity index (χ2n) is 4.28. The Hall–Kier alpha value is -1.39. The summed E-state index contributed by atoms with van der Waals surface area (Å²) >= 11 is 0. The normalized spacial score (nSPS) is 11.6. The van der Waals surface area contributed by atoms with E-state index in [9.17, 15) is 4.39 Å². The molecular formula is C14H20FNO2. The molecule has 0 fully saturated rings. The van der Waals surface area contributed by atoms with Gasteiger partial charge in [0, 0.05) is 31.9 Å². The molecule has 0 saturated carbocycles. The van der Waals surface area contributed by atoms with E-state index in [1.165, 1.54) is 26.4 Å². The monoisotopic (exact) mass is 253 g/mol. The Kier molecular flexibility index (Phi) is 4.87. The van der Waals surface area contributed by atoms with Crippen LogP contribution >= 0.6 is 0 Å². The lowest BCUT2D eigenvalue weighted by Gasteiger charge is -2.32. The smallest absolute Gasteiger partial charge is 0.194 e. The summed E-state index contributed by atoms with van der Waals surface area (Å²) in [4.78, 5) is 0. The summed E-state index contributed by atoms with van der Waals surface area (Å²) in [6, 6.07) is 4.55. The molecule has 1 rings (SSSR count). The average molecular weight is 253 g/mol. The highest BCUT2D eigenvalue weighted by molar-refractivity contribution is 5.31. The summed E-state index contributed by atoms with van der Waals surface area (Å²) in [5.41, 5.74) is 7.70. The van der Waals surface area contributed by atoms with E-state index in [0.29, 0.717) is 24.1 Å². The van der Waals surface area contributed by atoms with Crippen molar-refractivity contribution in [3.63, 3.8) is 0 Å². The zero-order valence-corrected chi connectivity index (χ0v) is 11.1. The molecule has 1 aromatic carbocycles. The largest absolute Gasteiger partial charge is 0.403 e. The molecule has 0 aromatic heterocycles. The Balaban J connectivity index is 3.16. The van der Waals surface area contributed by atoms with Crippen molar-refractivity contribution in [2.75, 3.05) is 14.2 Å². The summed E-state index contributed by atoms with van der Waals surface area (Å²) < 4.78 is 24.3. The summed E-state index contributed by atoms with van der Waals surface area (Å²) in [5.74, 6) is -1.31. The van der Waals surface area contributed by atoms with E-state index < -0.39 is 5.79 Å². The molecule has 0 unspecified atom stereocenters. The van der Waals surface area contributed by atoms with Gasteiger partial charge in [-0.3, -0.25) is 0 Å². The van der Waals surface area contributed by atoms with E-state index in [-0.39, 0.29) is 5.82 Å². The van der Waals surface area contributed by atoms with Crippen molar-refractivity contribution >= 4 is 0 Å². The molecule has 2 N–H and O–H groups in total. The van der Waals surface area contributed by atoms with E-state index in [1.807, 2.05) is 6.92 Å². The molecule has 0 spiro atoms. The van der Waals surface area contributed by atoms with Gasteiger partial charge in [-0.1, -0.05) is 12.6 Å². The zero-order chi connectivity index (χ0) is 13.8. The van der Waals surface area contributed by atoms with Crippen LogP contribution in [0, 0.1) is 12.7 Å². The molecule has 3 nitrogen and oxygen atoms in total. The first kappa shape index (κ1) is 14.7. The molecule has 0 radical (unpaired) electrons. The number of ether oxygens (including phenoxy) is 2. The molecule has 1 aromatic rings. The van der Waals surface area contributed by atoms with E-state index in [1.54, 1.807) is 6.07 Å². The molecule has 18 heavy (non-hydrogen) atoms. The van der Waals surface area contributed by atoms with Crippen LogP contribution in [0.4, 0.5) is 4.39 Å². The number of halogens is 1. The third-order valence-electron chi connectivity index (χ3n) is 3.04. The quantitative estimate of drug-likeness (QED) is 0.793. The van der Waals surface area contributed by atoms with Crippen LogP contribution < -0.4 is 5.73 Å². The first-order chi connectivity index (χ1) is 8.45. The average Bonchev–Trinajstić information content (AvgIpc) is 2.35. The van der Waals surface area contributed by atoms with Crippen LogP contribution in [0.25, 0.3) is 0 Å². The van der Waals surface area contributed by atoms with Crippen LogP contribution in [0.5, 0.6) is 0 Å². The number of rotatable bonds is 6. The maximum absolute atomic E-state index is 13.4. The third kappa shape index (κ3) is 3.09. The van der Waals surface area contributed by atoms with Crippen molar-refractivity contribution < 1.29 is 13.9 Å². The zero-order valence-electron chi connectivity index (χ0n) is 11.1. The molecule has 0 aliphatic rings. The minimum absolute atomic E-state index is 0.319. The van der Waals surface area contributed by atoms with Crippen LogP contribution in [0.15, 0.2) is 30.5 Å². The third-order valence-corrected chi connectivity index (χ3v) is 3.04. The van der Waals surface area contributed by atoms with Crippen molar-refractivity contribution in [3.05, 3.63) is 47.4 Å². The molecule has 0 aliphatic heterocycles. The van der Waals surface area contributed by atoms with Gasteiger partial charge in [0.05, 0.1) is 0 Å². The summed E-state index contributed by atoms with van der Waals surface area (Å²) in [5, 5.41) is 0. The van der Waals surface area contributed by atoms with Crippen LogP contribution in [-0.4, -0.2) is 14.2 Å². The SMILES string of the molecule is C=C(N)CCC(OC)(OC)c1cc(F)ccc1C. The summed E-state index contributed by atoms with van der Waals surface area (Å²) in [6.45, 7) is 5.54. The predicted octanol–water partition coefficient (Wildman–Crippen LogP) is 2.83. The second kappa shape index (κ2) is 5.98. The number of hydrogen-bond acceptors (Lipinski definition) is 3. The Morgan fingerprint density at radius 3 is 2.50 bits per heavy atom. The van der Waals surface area contributed by atoms with Gasteiger partial charge in [0.15, 0.2) is 5.79 Å². The highest BCUT2D eigenvalue weighted by atomic mass is 19.1. The van der Waals surface area contributed by atoms with Crippen LogP contribution in [0.3, 0.4) is 0 Å². The molecule has 0 heterocycles. The molecule has 4 heteroatoms. The van der Waals surface area contributed by atoms with Crippen LogP contribution in [-0.2, 0) is 15.3 Å². The number of hydrogen-bond donors (Lipinski definition) is 1. The number of nitrogens with two attached hydrogens (primary N) is 1. The predicted molar refractivity (Wildman–Crippen MR) is 69.4 cm³/mol. The fraction of sp³-hybridized carbons (Fsp3) is 0.429. The molecule has 0 bridgehead atoms. The maximum Gasteiger partial charge on any atom is 0.194 e. The number of benzene rings is 1. The highest BCUT2D eigenvalue weighted by Crippen LogP contribution is 2.34. The first-order valence-electron chi connectivity index (χ1n) is 5.75. The molecule has 0 atom stereocenters. The van der Waals surface area contributed by atoms with Gasteiger partial charge in [-0.2, -0.15) is 0 Å². The Morgan fingerprint density at radius 2 is 2.00 bits per heavy atom. The Labute approximate surface area is 107 Å². The van der Waals surface area contributed by atoms with E-state index in [4.69, 9.17) is 15.2 Å². The number of methoxy groups -OCH3 is 2. The number of allylic oxidation sites excluding steroid dienone is 1. The lowest BCUT2D eigenvalue weighted by atomic mass is 9.95. The first-order valence-corrected chi connectivity index (χ1v) is 5.75. The van der Waals surface area contributed by atoms with Gasteiger partial charge in [-0.05, 0) is 31.0 Å². The van der Waals surface area contributed by atoms with Gasteiger partial charge in [0.25, 0.3) is 0 Å². The van der Waals surface area contributed by atoms with Gasteiger partial charge in [-0.25, -0.2) is 4.39 Å². The Morgan fingerprint density at radius 1 is 1.39 bits per heavy atom. The molecule has 100 valence electrons. The van der Waals surface area contributed by atoms with E-state index in [0.717, 1.165) is 5.56 Å². The van der Waals surface area contributed by atoms with Crippen molar-refractivity contribution in [3.8, 4) is 0 Å². The molecule has 0 aliphatic carbocycles. The summed E-state index contributed by atoms with van der Waals surface area (Å²) in [6.07, 6.45) is 1.03. The van der Waals surface area contributed by atoms with Crippen molar-refractivity contribution in [1.82, 2.24) is 0 Å². The summed E-state index contributed by atoms with van der Waals surface area (Å²) in [7, 11) is 3.07. The molecule has 0 saturated heterocycles. The molecule has 0 amide bonds. The minimum Gasteiger partial charge on any atom is -0.403 e. The topological polar surface area (TPSA) is 44.5 Å². The van der Waals surface area contributed by atoms with Gasteiger partial charge >= 0.3 is 0 Å². The van der Waals surface area contributed by atoms with Gasteiger partial charge in [0.1, 0.15) is 5.82 Å². The standard InChI is InChI=1S/C14H20FNO2/c1-10-5-6-12(15)9-13(10)14(17-3,18-4)8-7-11(2)16/h5-6,9H,2,7-8,16H2,1,3-4H3. The van der Waals surface area contributed by atoms with Gasteiger partial charge < -0.3 is 15.2 Å². The lowest BCUT2D eigenvalue weighted by molar-refractivity contribution is -0.220. The van der Waals surface area contributed by atoms with Crippen LogP contribution in [0.2, 0.25) is 0 Å². The number of aryl methyl sites for hydroxylation is 1. The fourth-order valence-corrected chi connectivity index (χ4v) is 1.97. The van der Waals surface area contributed by atoms with Gasteiger partial charge in [0.2, 0.25) is 0 Å². The maximum atomic E-state index is 13.4. The van der Waals surface area contributed by atoms with E-state index >= 15 is 0 Å².